The topological polar surface area (TPSA) is 72.0 Å². The Kier molecular flexibility index (Phi) is 4.03. The predicted molar refractivity (Wildman–Crippen MR) is 115 cm³/mol. The molecule has 4 aromatic rings. The van der Waals surface area contributed by atoms with Crippen molar-refractivity contribution in [3.05, 3.63) is 81.2 Å². The van der Waals surface area contributed by atoms with Crippen LogP contribution in [-0.2, 0) is 5.54 Å². The SMILES string of the molecule is NC1(c2ccc(-c3oc4c(Br)c[nH]c(=O)c4c3-c3ccccc3)cc2)CCC1. The molecule has 2 aromatic heterocycles. The number of nitrogens with one attached hydrogen (secondary N) is 1. The molecule has 140 valence electrons. The lowest BCUT2D eigenvalue weighted by atomic mass is 9.72. The monoisotopic (exact) mass is 434 g/mol. The molecule has 0 unspecified atom stereocenters. The number of H-pyrrole nitrogens is 1. The van der Waals surface area contributed by atoms with Crippen molar-refractivity contribution in [3.63, 3.8) is 0 Å². The number of furan rings is 1. The number of rotatable bonds is 3. The molecule has 0 atom stereocenters. The number of aromatic nitrogens is 1. The Morgan fingerprint density at radius 3 is 2.36 bits per heavy atom. The van der Waals surface area contributed by atoms with E-state index in [1.165, 1.54) is 6.42 Å². The molecule has 0 saturated heterocycles. The first-order chi connectivity index (χ1) is 13.6. The summed E-state index contributed by atoms with van der Waals surface area (Å²) in [6, 6.07) is 18.1. The fourth-order valence-corrected chi connectivity index (χ4v) is 4.36. The van der Waals surface area contributed by atoms with Gasteiger partial charge in [0.05, 0.1) is 9.86 Å². The van der Waals surface area contributed by atoms with Crippen molar-refractivity contribution in [3.8, 4) is 22.5 Å². The van der Waals surface area contributed by atoms with E-state index in [-0.39, 0.29) is 11.1 Å². The summed E-state index contributed by atoms with van der Waals surface area (Å²) in [7, 11) is 0. The number of hydrogen-bond acceptors (Lipinski definition) is 3. The Bertz CT molecular complexity index is 1220. The van der Waals surface area contributed by atoms with E-state index >= 15 is 0 Å². The summed E-state index contributed by atoms with van der Waals surface area (Å²) < 4.78 is 6.94. The van der Waals surface area contributed by atoms with Gasteiger partial charge in [0.1, 0.15) is 5.76 Å². The molecular formula is C23H19BrN2O2. The van der Waals surface area contributed by atoms with E-state index in [2.05, 4.69) is 33.0 Å². The van der Waals surface area contributed by atoms with Gasteiger partial charge in [-0.3, -0.25) is 4.79 Å². The first-order valence-electron chi connectivity index (χ1n) is 9.36. The summed E-state index contributed by atoms with van der Waals surface area (Å²) >= 11 is 3.50. The molecule has 0 spiro atoms. The van der Waals surface area contributed by atoms with E-state index < -0.39 is 0 Å². The van der Waals surface area contributed by atoms with E-state index in [4.69, 9.17) is 10.2 Å². The van der Waals surface area contributed by atoms with E-state index in [1.54, 1.807) is 6.20 Å². The van der Waals surface area contributed by atoms with E-state index in [9.17, 15) is 4.79 Å². The van der Waals surface area contributed by atoms with Crippen molar-refractivity contribution in [2.24, 2.45) is 5.73 Å². The molecular weight excluding hydrogens is 416 g/mol. The molecule has 28 heavy (non-hydrogen) atoms. The quantitative estimate of drug-likeness (QED) is 0.443. The smallest absolute Gasteiger partial charge is 0.259 e. The molecule has 5 rings (SSSR count). The number of fused-ring (bicyclic) bond motifs is 1. The second kappa shape index (κ2) is 6.47. The van der Waals surface area contributed by atoms with E-state index in [0.29, 0.717) is 16.7 Å². The number of benzene rings is 2. The van der Waals surface area contributed by atoms with Gasteiger partial charge >= 0.3 is 0 Å². The fourth-order valence-electron chi connectivity index (χ4n) is 3.97. The second-order valence-corrected chi connectivity index (χ2v) is 8.28. The highest BCUT2D eigenvalue weighted by atomic mass is 79.9. The Hall–Kier alpha value is -2.63. The van der Waals surface area contributed by atoms with Gasteiger partial charge in [0.2, 0.25) is 0 Å². The van der Waals surface area contributed by atoms with Gasteiger partial charge in [-0.25, -0.2) is 0 Å². The maximum atomic E-state index is 12.6. The first kappa shape index (κ1) is 17.5. The molecule has 0 aliphatic heterocycles. The molecule has 0 bridgehead atoms. The van der Waals surface area contributed by atoms with Crippen LogP contribution in [0, 0.1) is 0 Å². The van der Waals surface area contributed by atoms with E-state index in [0.717, 1.165) is 39.6 Å². The van der Waals surface area contributed by atoms with Gasteiger partial charge < -0.3 is 15.1 Å². The predicted octanol–water partition coefficient (Wildman–Crippen LogP) is 5.56. The minimum absolute atomic E-state index is 0.168. The largest absolute Gasteiger partial charge is 0.454 e. The molecule has 5 heteroatoms. The first-order valence-corrected chi connectivity index (χ1v) is 10.1. The average Bonchev–Trinajstić information content (AvgIpc) is 3.12. The van der Waals surface area contributed by atoms with Crippen LogP contribution in [0.5, 0.6) is 0 Å². The molecule has 4 nitrogen and oxygen atoms in total. The van der Waals surface area contributed by atoms with Crippen molar-refractivity contribution >= 4 is 26.9 Å². The number of hydrogen-bond donors (Lipinski definition) is 2. The molecule has 3 N–H and O–H groups in total. The third-order valence-electron chi connectivity index (χ3n) is 5.71. The lowest BCUT2D eigenvalue weighted by molar-refractivity contribution is 0.253. The van der Waals surface area contributed by atoms with Crippen LogP contribution >= 0.6 is 15.9 Å². The Morgan fingerprint density at radius 2 is 1.71 bits per heavy atom. The number of nitrogens with two attached hydrogens (primary N) is 1. The number of halogens is 1. The van der Waals surface area contributed by atoms with Gasteiger partial charge in [-0.1, -0.05) is 54.6 Å². The van der Waals surface area contributed by atoms with Crippen molar-refractivity contribution in [2.45, 2.75) is 24.8 Å². The van der Waals surface area contributed by atoms with Crippen molar-refractivity contribution < 1.29 is 4.42 Å². The van der Waals surface area contributed by atoms with Crippen LogP contribution in [0.1, 0.15) is 24.8 Å². The average molecular weight is 435 g/mol. The Labute approximate surface area is 170 Å². The maximum Gasteiger partial charge on any atom is 0.259 e. The van der Waals surface area contributed by atoms with Crippen LogP contribution in [0.4, 0.5) is 0 Å². The lowest BCUT2D eigenvalue weighted by Gasteiger charge is -2.38. The number of aromatic amines is 1. The zero-order valence-corrected chi connectivity index (χ0v) is 16.8. The third-order valence-corrected chi connectivity index (χ3v) is 6.30. The molecule has 1 aliphatic carbocycles. The van der Waals surface area contributed by atoms with Gasteiger partial charge in [-0.05, 0) is 46.3 Å². The zero-order valence-electron chi connectivity index (χ0n) is 15.2. The van der Waals surface area contributed by atoms with Crippen molar-refractivity contribution in [1.82, 2.24) is 4.98 Å². The highest BCUT2D eigenvalue weighted by Gasteiger charge is 2.34. The minimum atomic E-state index is -0.200. The van der Waals surface area contributed by atoms with Crippen LogP contribution < -0.4 is 11.3 Å². The molecule has 0 radical (unpaired) electrons. The van der Waals surface area contributed by atoms with Crippen LogP contribution in [0.3, 0.4) is 0 Å². The molecule has 2 aromatic carbocycles. The Morgan fingerprint density at radius 1 is 1.00 bits per heavy atom. The minimum Gasteiger partial charge on any atom is -0.454 e. The molecule has 0 amide bonds. The van der Waals surface area contributed by atoms with Crippen LogP contribution in [0.25, 0.3) is 33.4 Å². The molecule has 1 aliphatic rings. The van der Waals surface area contributed by atoms with Crippen LogP contribution in [-0.4, -0.2) is 4.98 Å². The van der Waals surface area contributed by atoms with Gasteiger partial charge in [-0.2, -0.15) is 0 Å². The molecule has 2 heterocycles. The van der Waals surface area contributed by atoms with Gasteiger partial charge in [0.15, 0.2) is 5.58 Å². The summed E-state index contributed by atoms with van der Waals surface area (Å²) in [5, 5.41) is 0.550. The van der Waals surface area contributed by atoms with Gasteiger partial charge in [0.25, 0.3) is 5.56 Å². The second-order valence-electron chi connectivity index (χ2n) is 7.43. The van der Waals surface area contributed by atoms with Crippen molar-refractivity contribution in [2.75, 3.05) is 0 Å². The normalized spacial score (nSPS) is 15.5. The standard InChI is InChI=1S/C23H19BrN2O2/c24-17-13-26-22(27)19-18(14-5-2-1-3-6-14)20(28-21(17)19)15-7-9-16(10-8-15)23(25)11-4-12-23/h1-3,5-10,13H,4,11-12,25H2,(H,26,27). The molecule has 1 fully saturated rings. The van der Waals surface area contributed by atoms with E-state index in [1.807, 2.05) is 42.5 Å². The lowest BCUT2D eigenvalue weighted by Crippen LogP contribution is -2.43. The summed E-state index contributed by atoms with van der Waals surface area (Å²) in [5.74, 6) is 0.685. The Balaban J connectivity index is 1.74. The summed E-state index contributed by atoms with van der Waals surface area (Å²) in [5.41, 5.74) is 10.5. The van der Waals surface area contributed by atoms with Crippen molar-refractivity contribution in [1.29, 1.82) is 0 Å². The van der Waals surface area contributed by atoms with Crippen LogP contribution in [0.2, 0.25) is 0 Å². The van der Waals surface area contributed by atoms with Crippen LogP contribution in [0.15, 0.2) is 74.5 Å². The summed E-state index contributed by atoms with van der Waals surface area (Å²) in [6.45, 7) is 0. The fraction of sp³-hybridized carbons (Fsp3) is 0.174. The highest BCUT2D eigenvalue weighted by Crippen LogP contribution is 2.43. The maximum absolute atomic E-state index is 12.6. The number of pyridine rings is 1. The third kappa shape index (κ3) is 2.65. The highest BCUT2D eigenvalue weighted by molar-refractivity contribution is 9.10. The van der Waals surface area contributed by atoms with Gasteiger partial charge in [-0.15, -0.1) is 0 Å². The zero-order chi connectivity index (χ0) is 19.3. The summed E-state index contributed by atoms with van der Waals surface area (Å²) in [6.07, 6.45) is 4.84. The van der Waals surface area contributed by atoms with Gasteiger partial charge in [0, 0.05) is 22.9 Å². The molecule has 1 saturated carbocycles. The summed E-state index contributed by atoms with van der Waals surface area (Å²) in [4.78, 5) is 15.4.